The molecule has 0 aliphatic carbocycles. The van der Waals surface area contributed by atoms with Gasteiger partial charge in [-0.1, -0.05) is 19.8 Å². The Labute approximate surface area is 96.0 Å². The number of halogens is 1. The highest BCUT2D eigenvalue weighted by molar-refractivity contribution is 7.87. The maximum atomic E-state index is 12.7. The molecular formula is C10H18FNO3S. The third-order valence-corrected chi connectivity index (χ3v) is 4.14. The Kier molecular flexibility index (Phi) is 4.29. The summed E-state index contributed by atoms with van der Waals surface area (Å²) < 4.78 is 34.2. The van der Waals surface area contributed by atoms with E-state index in [1.807, 2.05) is 13.8 Å². The van der Waals surface area contributed by atoms with E-state index in [2.05, 4.69) is 0 Å². The minimum absolute atomic E-state index is 0.000741. The number of unbranched alkanes of at least 4 members (excludes halogenated alkanes) is 1. The summed E-state index contributed by atoms with van der Waals surface area (Å²) in [5, 5.41) is -1.16. The third-order valence-electron chi connectivity index (χ3n) is 3.03. The lowest BCUT2D eigenvalue weighted by atomic mass is 10.1. The van der Waals surface area contributed by atoms with E-state index in [9.17, 15) is 17.1 Å². The van der Waals surface area contributed by atoms with E-state index in [4.69, 9.17) is 0 Å². The van der Waals surface area contributed by atoms with E-state index in [1.165, 1.54) is 4.90 Å². The van der Waals surface area contributed by atoms with Crippen LogP contribution in [0.4, 0.5) is 3.89 Å². The molecule has 2 unspecified atom stereocenters. The van der Waals surface area contributed by atoms with Gasteiger partial charge in [0, 0.05) is 19.0 Å². The second-order valence-electron chi connectivity index (χ2n) is 4.34. The van der Waals surface area contributed by atoms with Crippen molar-refractivity contribution in [2.24, 2.45) is 0 Å². The van der Waals surface area contributed by atoms with Gasteiger partial charge in [0.15, 0.2) is 0 Å². The molecule has 4 nitrogen and oxygen atoms in total. The molecule has 0 spiro atoms. The van der Waals surface area contributed by atoms with Crippen LogP contribution in [0.2, 0.25) is 0 Å². The van der Waals surface area contributed by atoms with Crippen molar-refractivity contribution in [3.05, 3.63) is 0 Å². The molecule has 1 amide bonds. The van der Waals surface area contributed by atoms with Gasteiger partial charge in [0.1, 0.15) is 5.25 Å². The average Bonchev–Trinajstić information content (AvgIpc) is 2.56. The molecule has 0 aromatic heterocycles. The van der Waals surface area contributed by atoms with Crippen LogP contribution in [-0.2, 0) is 15.0 Å². The molecule has 1 fully saturated rings. The first-order valence-electron chi connectivity index (χ1n) is 5.59. The fourth-order valence-electron chi connectivity index (χ4n) is 1.97. The number of carbonyl (C=O) groups is 1. The Morgan fingerprint density at radius 1 is 1.56 bits per heavy atom. The monoisotopic (exact) mass is 251 g/mol. The second kappa shape index (κ2) is 5.12. The molecule has 0 aromatic rings. The Balaban J connectivity index is 2.61. The lowest BCUT2D eigenvalue weighted by Gasteiger charge is -2.24. The van der Waals surface area contributed by atoms with Gasteiger partial charge in [-0.3, -0.25) is 4.79 Å². The Bertz CT molecular complexity index is 355. The van der Waals surface area contributed by atoms with Crippen molar-refractivity contribution in [1.29, 1.82) is 0 Å². The van der Waals surface area contributed by atoms with Crippen LogP contribution >= 0.6 is 0 Å². The van der Waals surface area contributed by atoms with Crippen LogP contribution in [0, 0.1) is 0 Å². The van der Waals surface area contributed by atoms with Crippen LogP contribution in [0.5, 0.6) is 0 Å². The topological polar surface area (TPSA) is 54.5 Å². The molecule has 94 valence electrons. The molecule has 0 bridgehead atoms. The number of carbonyl (C=O) groups excluding carboxylic acids is 1. The zero-order valence-corrected chi connectivity index (χ0v) is 10.5. The summed E-state index contributed by atoms with van der Waals surface area (Å²) >= 11 is 0. The van der Waals surface area contributed by atoms with Gasteiger partial charge in [0.2, 0.25) is 5.91 Å². The molecule has 0 saturated carbocycles. The third kappa shape index (κ3) is 3.17. The van der Waals surface area contributed by atoms with Gasteiger partial charge in [-0.05, 0) is 13.3 Å². The van der Waals surface area contributed by atoms with Gasteiger partial charge in [0.25, 0.3) is 0 Å². The van der Waals surface area contributed by atoms with Gasteiger partial charge in [0.05, 0.1) is 0 Å². The highest BCUT2D eigenvalue weighted by Gasteiger charge is 2.39. The van der Waals surface area contributed by atoms with Crippen molar-refractivity contribution in [3.63, 3.8) is 0 Å². The number of likely N-dealkylation sites (tertiary alicyclic amines) is 1. The normalized spacial score (nSPS) is 23.8. The van der Waals surface area contributed by atoms with E-state index >= 15 is 0 Å². The van der Waals surface area contributed by atoms with Crippen LogP contribution in [0.3, 0.4) is 0 Å². The van der Waals surface area contributed by atoms with Crippen molar-refractivity contribution < 1.29 is 17.1 Å². The fraction of sp³-hybridized carbons (Fsp3) is 0.900. The van der Waals surface area contributed by atoms with E-state index in [0.29, 0.717) is 0 Å². The molecule has 0 aromatic carbocycles. The van der Waals surface area contributed by atoms with Crippen LogP contribution < -0.4 is 0 Å². The molecule has 0 N–H and O–H groups in total. The quantitative estimate of drug-likeness (QED) is 0.695. The molecule has 0 radical (unpaired) electrons. The van der Waals surface area contributed by atoms with E-state index in [1.54, 1.807) is 0 Å². The zero-order chi connectivity index (χ0) is 12.3. The van der Waals surface area contributed by atoms with Crippen molar-refractivity contribution in [2.75, 3.05) is 6.54 Å². The summed E-state index contributed by atoms with van der Waals surface area (Å²) in [4.78, 5) is 13.0. The maximum Gasteiger partial charge on any atom is 0.307 e. The first kappa shape index (κ1) is 13.4. The SMILES string of the molecule is CCCCC(C)N1CC(S(=O)(=O)F)CC1=O. The summed E-state index contributed by atoms with van der Waals surface area (Å²) in [6, 6.07) is -0.000741. The minimum atomic E-state index is -4.58. The van der Waals surface area contributed by atoms with Crippen LogP contribution in [0.1, 0.15) is 39.5 Å². The molecule has 2 atom stereocenters. The second-order valence-corrected chi connectivity index (χ2v) is 5.96. The van der Waals surface area contributed by atoms with Crippen molar-refractivity contribution >= 4 is 16.1 Å². The zero-order valence-electron chi connectivity index (χ0n) is 9.65. The van der Waals surface area contributed by atoms with Crippen LogP contribution in [0.15, 0.2) is 0 Å². The molecule has 1 saturated heterocycles. The highest BCUT2D eigenvalue weighted by Crippen LogP contribution is 2.23. The first-order chi connectivity index (χ1) is 7.36. The molecule has 1 aliphatic rings. The molecular weight excluding hydrogens is 233 g/mol. The molecule has 1 rings (SSSR count). The van der Waals surface area contributed by atoms with E-state index < -0.39 is 15.5 Å². The van der Waals surface area contributed by atoms with Gasteiger partial charge in [-0.2, -0.15) is 8.42 Å². The molecule has 1 heterocycles. The number of hydrogen-bond acceptors (Lipinski definition) is 3. The standard InChI is InChI=1S/C10H18FNO3S/c1-3-4-5-8(2)12-7-9(6-10(12)13)16(11,14)15/h8-9H,3-7H2,1-2H3. The number of amides is 1. The van der Waals surface area contributed by atoms with Gasteiger partial charge < -0.3 is 4.90 Å². The number of nitrogens with zero attached hydrogens (tertiary/aromatic N) is 1. The largest absolute Gasteiger partial charge is 0.339 e. The van der Waals surface area contributed by atoms with E-state index in [0.717, 1.165) is 19.3 Å². The highest BCUT2D eigenvalue weighted by atomic mass is 32.3. The van der Waals surface area contributed by atoms with Crippen LogP contribution in [-0.4, -0.2) is 37.1 Å². The molecule has 6 heteroatoms. The van der Waals surface area contributed by atoms with E-state index in [-0.39, 0.29) is 24.9 Å². The van der Waals surface area contributed by atoms with Crippen molar-refractivity contribution in [1.82, 2.24) is 4.90 Å². The average molecular weight is 251 g/mol. The first-order valence-corrected chi connectivity index (χ1v) is 7.03. The Hall–Kier alpha value is -0.650. The van der Waals surface area contributed by atoms with Gasteiger partial charge in [-0.15, -0.1) is 3.89 Å². The number of hydrogen-bond donors (Lipinski definition) is 0. The Morgan fingerprint density at radius 3 is 2.62 bits per heavy atom. The summed E-state index contributed by atoms with van der Waals surface area (Å²) in [7, 11) is -4.58. The lowest BCUT2D eigenvalue weighted by molar-refractivity contribution is -0.129. The van der Waals surface area contributed by atoms with Crippen LogP contribution in [0.25, 0.3) is 0 Å². The predicted octanol–water partition coefficient (Wildman–Crippen LogP) is 1.47. The summed E-state index contributed by atoms with van der Waals surface area (Å²) in [5.41, 5.74) is 0. The van der Waals surface area contributed by atoms with Crippen molar-refractivity contribution in [2.45, 2.75) is 50.8 Å². The smallest absolute Gasteiger partial charge is 0.307 e. The Morgan fingerprint density at radius 2 is 2.19 bits per heavy atom. The number of rotatable bonds is 5. The summed E-state index contributed by atoms with van der Waals surface area (Å²) in [6.45, 7) is 3.93. The maximum absolute atomic E-state index is 12.7. The molecule has 1 aliphatic heterocycles. The summed E-state index contributed by atoms with van der Waals surface area (Å²) in [5.74, 6) is -0.255. The minimum Gasteiger partial charge on any atom is -0.339 e. The predicted molar refractivity (Wildman–Crippen MR) is 59.1 cm³/mol. The summed E-state index contributed by atoms with van der Waals surface area (Å²) in [6.07, 6.45) is 2.63. The fourth-order valence-corrected chi connectivity index (χ4v) is 2.65. The van der Waals surface area contributed by atoms with Gasteiger partial charge >= 0.3 is 10.2 Å². The lowest BCUT2D eigenvalue weighted by Crippen LogP contribution is -2.35. The van der Waals surface area contributed by atoms with Gasteiger partial charge in [-0.25, -0.2) is 0 Å². The molecule has 16 heavy (non-hydrogen) atoms. The van der Waals surface area contributed by atoms with Crippen molar-refractivity contribution in [3.8, 4) is 0 Å².